The van der Waals surface area contributed by atoms with Crippen LogP contribution in [0, 0.1) is 0 Å². The zero-order valence-electron chi connectivity index (χ0n) is 10.7. The van der Waals surface area contributed by atoms with Crippen molar-refractivity contribution in [3.05, 3.63) is 29.3 Å². The molecule has 0 aromatic heterocycles. The monoisotopic (exact) mass is 283 g/mol. The fraction of sp³-hybridized carbons (Fsp3) is 0.500. The lowest BCUT2D eigenvalue weighted by Crippen LogP contribution is -2.41. The van der Waals surface area contributed by atoms with Crippen molar-refractivity contribution in [2.75, 3.05) is 19.6 Å². The van der Waals surface area contributed by atoms with Gasteiger partial charge in [0.25, 0.3) is 0 Å². The third kappa shape index (κ3) is 4.73. The van der Waals surface area contributed by atoms with E-state index in [0.717, 1.165) is 31.7 Å². The number of piperidine rings is 1. The van der Waals surface area contributed by atoms with Crippen molar-refractivity contribution in [3.63, 3.8) is 0 Å². The van der Waals surface area contributed by atoms with Crippen LogP contribution >= 0.6 is 11.6 Å². The van der Waals surface area contributed by atoms with Crippen molar-refractivity contribution < 1.29 is 14.6 Å². The molecule has 1 aliphatic rings. The van der Waals surface area contributed by atoms with Crippen LogP contribution in [-0.4, -0.2) is 41.7 Å². The van der Waals surface area contributed by atoms with Gasteiger partial charge < -0.3 is 9.84 Å². The topological polar surface area (TPSA) is 49.8 Å². The molecule has 2 rings (SSSR count). The summed E-state index contributed by atoms with van der Waals surface area (Å²) in [5.74, 6) is 0.0650. The summed E-state index contributed by atoms with van der Waals surface area (Å²) in [6.45, 7) is 2.33. The SMILES string of the molecule is O=C(O)CCN1CCCC(Oc2ccc(Cl)cc2)C1. The molecular formula is C14H18ClNO3. The molecule has 1 heterocycles. The molecule has 1 aromatic carbocycles. The van der Waals surface area contributed by atoms with Gasteiger partial charge in [-0.15, -0.1) is 0 Å². The summed E-state index contributed by atoms with van der Waals surface area (Å²) in [7, 11) is 0. The first kappa shape index (κ1) is 14.2. The number of hydrogen-bond donors (Lipinski definition) is 1. The van der Waals surface area contributed by atoms with E-state index in [0.29, 0.717) is 11.6 Å². The standard InChI is InChI=1S/C14H18ClNO3/c15-11-3-5-12(6-4-11)19-13-2-1-8-16(10-13)9-7-14(17)18/h3-6,13H,1-2,7-10H2,(H,17,18). The summed E-state index contributed by atoms with van der Waals surface area (Å²) >= 11 is 5.83. The molecule has 1 aliphatic heterocycles. The Hall–Kier alpha value is -1.26. The lowest BCUT2D eigenvalue weighted by atomic mass is 10.1. The van der Waals surface area contributed by atoms with Gasteiger partial charge in [0.15, 0.2) is 0 Å². The Bertz CT molecular complexity index is 421. The fourth-order valence-electron chi connectivity index (χ4n) is 2.27. The van der Waals surface area contributed by atoms with Crippen molar-refractivity contribution >= 4 is 17.6 Å². The highest BCUT2D eigenvalue weighted by atomic mass is 35.5. The Morgan fingerprint density at radius 1 is 1.42 bits per heavy atom. The number of halogens is 1. The molecule has 0 radical (unpaired) electrons. The molecule has 0 amide bonds. The minimum absolute atomic E-state index is 0.128. The summed E-state index contributed by atoms with van der Waals surface area (Å²) in [5, 5.41) is 9.39. The van der Waals surface area contributed by atoms with E-state index >= 15 is 0 Å². The number of likely N-dealkylation sites (tertiary alicyclic amines) is 1. The number of rotatable bonds is 5. The smallest absolute Gasteiger partial charge is 0.304 e. The van der Waals surface area contributed by atoms with E-state index in [1.807, 2.05) is 24.3 Å². The van der Waals surface area contributed by atoms with Crippen LogP contribution in [0.5, 0.6) is 5.75 Å². The molecule has 104 valence electrons. The number of hydrogen-bond acceptors (Lipinski definition) is 3. The maximum absolute atomic E-state index is 10.6. The first-order valence-electron chi connectivity index (χ1n) is 6.50. The van der Waals surface area contributed by atoms with E-state index in [4.69, 9.17) is 21.4 Å². The molecule has 1 aromatic rings. The van der Waals surface area contributed by atoms with E-state index in [1.165, 1.54) is 0 Å². The first-order valence-corrected chi connectivity index (χ1v) is 6.87. The molecule has 0 aliphatic carbocycles. The summed E-state index contributed by atoms with van der Waals surface area (Å²) < 4.78 is 5.90. The van der Waals surface area contributed by atoms with Gasteiger partial charge in [-0.2, -0.15) is 0 Å². The molecule has 0 spiro atoms. The average Bonchev–Trinajstić information content (AvgIpc) is 2.40. The molecular weight excluding hydrogens is 266 g/mol. The van der Waals surface area contributed by atoms with Crippen molar-refractivity contribution in [2.24, 2.45) is 0 Å². The minimum atomic E-state index is -0.749. The predicted molar refractivity (Wildman–Crippen MR) is 73.8 cm³/mol. The van der Waals surface area contributed by atoms with Crippen molar-refractivity contribution in [3.8, 4) is 5.75 Å². The molecule has 19 heavy (non-hydrogen) atoms. The summed E-state index contributed by atoms with van der Waals surface area (Å²) in [6, 6.07) is 7.33. The third-order valence-corrected chi connectivity index (χ3v) is 3.47. The van der Waals surface area contributed by atoms with Crippen molar-refractivity contribution in [1.82, 2.24) is 4.90 Å². The van der Waals surface area contributed by atoms with E-state index in [2.05, 4.69) is 4.90 Å². The van der Waals surface area contributed by atoms with Gasteiger partial charge in [-0.25, -0.2) is 0 Å². The lowest BCUT2D eigenvalue weighted by Gasteiger charge is -2.32. The quantitative estimate of drug-likeness (QED) is 0.903. The average molecular weight is 284 g/mol. The van der Waals surface area contributed by atoms with Crippen molar-refractivity contribution in [2.45, 2.75) is 25.4 Å². The molecule has 1 unspecified atom stereocenters. The first-order chi connectivity index (χ1) is 9.13. The number of ether oxygens (including phenoxy) is 1. The highest BCUT2D eigenvalue weighted by Crippen LogP contribution is 2.20. The molecule has 0 saturated carbocycles. The Labute approximate surface area is 117 Å². The largest absolute Gasteiger partial charge is 0.489 e. The lowest BCUT2D eigenvalue weighted by molar-refractivity contribution is -0.137. The van der Waals surface area contributed by atoms with Gasteiger partial charge in [-0.3, -0.25) is 9.69 Å². The summed E-state index contributed by atoms with van der Waals surface area (Å²) in [6.07, 6.45) is 2.36. The Morgan fingerprint density at radius 2 is 2.16 bits per heavy atom. The molecule has 0 bridgehead atoms. The van der Waals surface area contributed by atoms with Crippen LogP contribution in [0.4, 0.5) is 0 Å². The molecule has 1 fully saturated rings. The van der Waals surface area contributed by atoms with Crippen LogP contribution in [0.1, 0.15) is 19.3 Å². The van der Waals surface area contributed by atoms with Gasteiger partial charge >= 0.3 is 5.97 Å². The second-order valence-corrected chi connectivity index (χ2v) is 5.22. The van der Waals surface area contributed by atoms with Crippen LogP contribution in [-0.2, 0) is 4.79 Å². The maximum atomic E-state index is 10.6. The molecule has 1 saturated heterocycles. The predicted octanol–water partition coefficient (Wildman–Crippen LogP) is 2.66. The van der Waals surface area contributed by atoms with Gasteiger partial charge in [0.2, 0.25) is 0 Å². The van der Waals surface area contributed by atoms with Gasteiger partial charge in [0.1, 0.15) is 11.9 Å². The summed E-state index contributed by atoms with van der Waals surface area (Å²) in [5.41, 5.74) is 0. The summed E-state index contributed by atoms with van der Waals surface area (Å²) in [4.78, 5) is 12.7. The van der Waals surface area contributed by atoms with E-state index in [9.17, 15) is 4.79 Å². The van der Waals surface area contributed by atoms with Crippen LogP contribution in [0.2, 0.25) is 5.02 Å². The van der Waals surface area contributed by atoms with Crippen LogP contribution in [0.3, 0.4) is 0 Å². The highest BCUT2D eigenvalue weighted by Gasteiger charge is 2.21. The third-order valence-electron chi connectivity index (χ3n) is 3.22. The molecule has 1 N–H and O–H groups in total. The molecule has 1 atom stereocenters. The zero-order chi connectivity index (χ0) is 13.7. The second kappa shape index (κ2) is 6.78. The second-order valence-electron chi connectivity index (χ2n) is 4.78. The Kier molecular flexibility index (Phi) is 5.05. The van der Waals surface area contributed by atoms with Crippen molar-refractivity contribution in [1.29, 1.82) is 0 Å². The molecule has 5 heteroatoms. The van der Waals surface area contributed by atoms with E-state index in [-0.39, 0.29) is 12.5 Å². The highest BCUT2D eigenvalue weighted by molar-refractivity contribution is 6.30. The normalized spacial score (nSPS) is 20.2. The number of nitrogens with zero attached hydrogens (tertiary/aromatic N) is 1. The van der Waals surface area contributed by atoms with Crippen LogP contribution in [0.25, 0.3) is 0 Å². The van der Waals surface area contributed by atoms with Gasteiger partial charge in [0.05, 0.1) is 6.42 Å². The Morgan fingerprint density at radius 3 is 2.84 bits per heavy atom. The number of carbonyl (C=O) groups is 1. The minimum Gasteiger partial charge on any atom is -0.489 e. The van der Waals surface area contributed by atoms with Gasteiger partial charge in [0, 0.05) is 18.1 Å². The fourth-order valence-corrected chi connectivity index (χ4v) is 2.40. The van der Waals surface area contributed by atoms with Gasteiger partial charge in [-0.05, 0) is 43.7 Å². The number of aliphatic carboxylic acids is 1. The van der Waals surface area contributed by atoms with E-state index in [1.54, 1.807) is 0 Å². The van der Waals surface area contributed by atoms with Crippen LogP contribution < -0.4 is 4.74 Å². The zero-order valence-corrected chi connectivity index (χ0v) is 11.5. The van der Waals surface area contributed by atoms with Crippen LogP contribution in [0.15, 0.2) is 24.3 Å². The number of benzene rings is 1. The van der Waals surface area contributed by atoms with E-state index < -0.39 is 5.97 Å². The van der Waals surface area contributed by atoms with Gasteiger partial charge in [-0.1, -0.05) is 11.6 Å². The number of carboxylic acids is 1. The Balaban J connectivity index is 1.83. The maximum Gasteiger partial charge on any atom is 0.304 e. The number of carboxylic acid groups (broad SMARTS) is 1. The molecule has 4 nitrogen and oxygen atoms in total.